The zero-order valence-corrected chi connectivity index (χ0v) is 17.8. The van der Waals surface area contributed by atoms with Crippen molar-refractivity contribution in [3.8, 4) is 11.5 Å². The standard InChI is InChI=1S/C22H23ClN2O5/c1-28-12-4-11-25-21(26)19(14-5-8-16(29-2)9-6-14)20(22(25)27)24-15-7-10-18(30-3)17(23)13-15/h5-10,13,24H,4,11-12H2,1-3H3. The maximum absolute atomic E-state index is 13.1. The predicted octanol–water partition coefficient (Wildman–Crippen LogP) is 3.59. The number of imide groups is 1. The molecule has 0 aliphatic carbocycles. The highest BCUT2D eigenvalue weighted by molar-refractivity contribution is 6.36. The first-order valence-electron chi connectivity index (χ1n) is 9.34. The molecule has 0 saturated heterocycles. The summed E-state index contributed by atoms with van der Waals surface area (Å²) in [6.07, 6.45) is 0.547. The van der Waals surface area contributed by atoms with Crippen LogP contribution in [0.25, 0.3) is 5.57 Å². The van der Waals surface area contributed by atoms with Gasteiger partial charge in [0.25, 0.3) is 11.8 Å². The summed E-state index contributed by atoms with van der Waals surface area (Å²) in [7, 11) is 4.67. The number of anilines is 1. The summed E-state index contributed by atoms with van der Waals surface area (Å²) in [4.78, 5) is 27.4. The Morgan fingerprint density at radius 3 is 2.30 bits per heavy atom. The SMILES string of the molecule is COCCCN1C(=O)C(Nc2ccc(OC)c(Cl)c2)=C(c2ccc(OC)cc2)C1=O. The number of hydrogen-bond donors (Lipinski definition) is 1. The number of carbonyl (C=O) groups is 2. The third-order valence-electron chi connectivity index (χ3n) is 4.70. The Morgan fingerprint density at radius 1 is 0.967 bits per heavy atom. The topological polar surface area (TPSA) is 77.1 Å². The van der Waals surface area contributed by atoms with Crippen LogP contribution in [0.2, 0.25) is 5.02 Å². The normalized spacial score (nSPS) is 13.8. The summed E-state index contributed by atoms with van der Waals surface area (Å²) >= 11 is 6.21. The average Bonchev–Trinajstić information content (AvgIpc) is 2.98. The summed E-state index contributed by atoms with van der Waals surface area (Å²) in [6.45, 7) is 0.714. The largest absolute Gasteiger partial charge is 0.497 e. The summed E-state index contributed by atoms with van der Waals surface area (Å²) in [5.74, 6) is 0.420. The van der Waals surface area contributed by atoms with Gasteiger partial charge in [0.2, 0.25) is 0 Å². The van der Waals surface area contributed by atoms with E-state index in [1.807, 2.05) is 0 Å². The molecule has 30 heavy (non-hydrogen) atoms. The number of benzene rings is 2. The molecular weight excluding hydrogens is 408 g/mol. The van der Waals surface area contributed by atoms with E-state index < -0.39 is 5.91 Å². The van der Waals surface area contributed by atoms with Crippen molar-refractivity contribution in [1.82, 2.24) is 4.90 Å². The molecular formula is C22H23ClN2O5. The molecule has 0 unspecified atom stereocenters. The fourth-order valence-electron chi connectivity index (χ4n) is 3.18. The molecule has 0 aromatic heterocycles. The van der Waals surface area contributed by atoms with E-state index >= 15 is 0 Å². The fraction of sp³-hybridized carbons (Fsp3) is 0.273. The van der Waals surface area contributed by atoms with Gasteiger partial charge in [-0.15, -0.1) is 0 Å². The number of nitrogens with one attached hydrogen (secondary N) is 1. The van der Waals surface area contributed by atoms with Crippen molar-refractivity contribution in [2.24, 2.45) is 0 Å². The Bertz CT molecular complexity index is 972. The van der Waals surface area contributed by atoms with Crippen molar-refractivity contribution < 1.29 is 23.8 Å². The zero-order chi connectivity index (χ0) is 21.7. The molecule has 0 bridgehead atoms. The van der Waals surface area contributed by atoms with Gasteiger partial charge in [-0.05, 0) is 42.3 Å². The smallest absolute Gasteiger partial charge is 0.278 e. The van der Waals surface area contributed by atoms with E-state index in [1.54, 1.807) is 56.7 Å². The first-order valence-corrected chi connectivity index (χ1v) is 9.72. The molecule has 0 atom stereocenters. The lowest BCUT2D eigenvalue weighted by atomic mass is 10.0. The molecule has 2 aromatic rings. The van der Waals surface area contributed by atoms with E-state index in [2.05, 4.69) is 5.32 Å². The minimum absolute atomic E-state index is 0.198. The van der Waals surface area contributed by atoms with E-state index in [1.165, 1.54) is 12.0 Å². The molecule has 0 radical (unpaired) electrons. The van der Waals surface area contributed by atoms with E-state index in [0.717, 1.165) is 0 Å². The first-order chi connectivity index (χ1) is 14.5. The van der Waals surface area contributed by atoms with Gasteiger partial charge in [-0.3, -0.25) is 14.5 Å². The van der Waals surface area contributed by atoms with Gasteiger partial charge in [-0.2, -0.15) is 0 Å². The van der Waals surface area contributed by atoms with Gasteiger partial charge >= 0.3 is 0 Å². The number of amides is 2. The lowest BCUT2D eigenvalue weighted by Gasteiger charge is -2.15. The van der Waals surface area contributed by atoms with Gasteiger partial charge < -0.3 is 19.5 Å². The summed E-state index contributed by atoms with van der Waals surface area (Å²) in [5, 5.41) is 3.47. The number of hydrogen-bond acceptors (Lipinski definition) is 6. The second kappa shape index (κ2) is 9.65. The van der Waals surface area contributed by atoms with Crippen LogP contribution in [0.3, 0.4) is 0 Å². The molecule has 2 aromatic carbocycles. The summed E-state index contributed by atoms with van der Waals surface area (Å²) in [6, 6.07) is 12.1. The molecule has 1 N–H and O–H groups in total. The van der Waals surface area contributed by atoms with E-state index in [4.69, 9.17) is 25.8 Å². The molecule has 1 aliphatic heterocycles. The lowest BCUT2D eigenvalue weighted by molar-refractivity contribution is -0.136. The third-order valence-corrected chi connectivity index (χ3v) is 4.99. The van der Waals surface area contributed by atoms with Crippen molar-refractivity contribution in [2.45, 2.75) is 6.42 Å². The number of ether oxygens (including phenoxy) is 3. The number of methoxy groups -OCH3 is 3. The molecule has 1 heterocycles. The van der Waals surface area contributed by atoms with Crippen molar-refractivity contribution in [3.05, 3.63) is 58.7 Å². The van der Waals surface area contributed by atoms with Gasteiger partial charge in [0.1, 0.15) is 17.2 Å². The van der Waals surface area contributed by atoms with Crippen LogP contribution in [-0.4, -0.2) is 51.2 Å². The summed E-state index contributed by atoms with van der Waals surface area (Å²) < 4.78 is 15.4. The lowest BCUT2D eigenvalue weighted by Crippen LogP contribution is -2.33. The van der Waals surface area contributed by atoms with E-state index in [0.29, 0.717) is 46.4 Å². The molecule has 8 heteroatoms. The van der Waals surface area contributed by atoms with Crippen LogP contribution in [0, 0.1) is 0 Å². The second-order valence-electron chi connectivity index (χ2n) is 6.56. The zero-order valence-electron chi connectivity index (χ0n) is 17.0. The first kappa shape index (κ1) is 21.7. The highest BCUT2D eigenvalue weighted by Gasteiger charge is 2.38. The molecule has 0 spiro atoms. The second-order valence-corrected chi connectivity index (χ2v) is 6.97. The minimum Gasteiger partial charge on any atom is -0.497 e. The third kappa shape index (κ3) is 4.42. The number of rotatable bonds is 9. The number of halogens is 1. The molecule has 3 rings (SSSR count). The highest BCUT2D eigenvalue weighted by Crippen LogP contribution is 2.33. The van der Waals surface area contributed by atoms with Crippen molar-refractivity contribution in [3.63, 3.8) is 0 Å². The fourth-order valence-corrected chi connectivity index (χ4v) is 3.43. The van der Waals surface area contributed by atoms with Gasteiger partial charge in [-0.1, -0.05) is 23.7 Å². The molecule has 0 fully saturated rings. The van der Waals surface area contributed by atoms with Crippen molar-refractivity contribution in [1.29, 1.82) is 0 Å². The highest BCUT2D eigenvalue weighted by atomic mass is 35.5. The van der Waals surface area contributed by atoms with Crippen LogP contribution in [0.4, 0.5) is 5.69 Å². The van der Waals surface area contributed by atoms with Crippen molar-refractivity contribution >= 4 is 34.7 Å². The minimum atomic E-state index is -0.395. The van der Waals surface area contributed by atoms with Gasteiger partial charge in [0, 0.05) is 25.9 Å². The van der Waals surface area contributed by atoms with Gasteiger partial charge in [0.05, 0.1) is 24.8 Å². The maximum Gasteiger partial charge on any atom is 0.278 e. The molecule has 158 valence electrons. The van der Waals surface area contributed by atoms with Gasteiger partial charge in [0.15, 0.2) is 0 Å². The molecule has 2 amide bonds. The van der Waals surface area contributed by atoms with Crippen LogP contribution in [0.5, 0.6) is 11.5 Å². The maximum atomic E-state index is 13.1. The van der Waals surface area contributed by atoms with Crippen LogP contribution >= 0.6 is 11.6 Å². The van der Waals surface area contributed by atoms with Crippen molar-refractivity contribution in [2.75, 3.05) is 39.8 Å². The Hall–Kier alpha value is -3.03. The van der Waals surface area contributed by atoms with Gasteiger partial charge in [-0.25, -0.2) is 0 Å². The molecule has 0 saturated carbocycles. The van der Waals surface area contributed by atoms with E-state index in [-0.39, 0.29) is 18.1 Å². The summed E-state index contributed by atoms with van der Waals surface area (Å²) in [5.41, 5.74) is 1.68. The Balaban J connectivity index is 1.99. The quantitative estimate of drug-likeness (QED) is 0.484. The van der Waals surface area contributed by atoms with Crippen LogP contribution in [0.15, 0.2) is 48.2 Å². The Morgan fingerprint density at radius 2 is 1.70 bits per heavy atom. The van der Waals surface area contributed by atoms with Crippen LogP contribution in [0.1, 0.15) is 12.0 Å². The Labute approximate surface area is 180 Å². The number of nitrogens with zero attached hydrogens (tertiary/aromatic N) is 1. The Kier molecular flexibility index (Phi) is 6.97. The number of carbonyl (C=O) groups excluding carboxylic acids is 2. The predicted molar refractivity (Wildman–Crippen MR) is 115 cm³/mol. The average molecular weight is 431 g/mol. The molecule has 1 aliphatic rings. The molecule has 7 nitrogen and oxygen atoms in total. The monoisotopic (exact) mass is 430 g/mol. The van der Waals surface area contributed by atoms with Crippen LogP contribution < -0.4 is 14.8 Å². The van der Waals surface area contributed by atoms with E-state index in [9.17, 15) is 9.59 Å². The van der Waals surface area contributed by atoms with Crippen LogP contribution in [-0.2, 0) is 14.3 Å².